The van der Waals surface area contributed by atoms with Crippen LogP contribution < -0.4 is 16.0 Å². The van der Waals surface area contributed by atoms with Gasteiger partial charge < -0.3 is 9.30 Å². The fraction of sp³-hybridized carbons (Fsp3) is 0.308. The quantitative estimate of drug-likeness (QED) is 0.848. The second kappa shape index (κ2) is 5.66. The zero-order valence-corrected chi connectivity index (χ0v) is 11.7. The van der Waals surface area contributed by atoms with Crippen LogP contribution in [0.15, 0.2) is 34.1 Å². The number of halogens is 3. The van der Waals surface area contributed by atoms with Gasteiger partial charge in [-0.1, -0.05) is 0 Å². The summed E-state index contributed by atoms with van der Waals surface area (Å²) in [6, 6.07) is 2.92. The van der Waals surface area contributed by atoms with Crippen molar-refractivity contribution in [2.45, 2.75) is 12.7 Å². The van der Waals surface area contributed by atoms with Crippen molar-refractivity contribution in [2.24, 2.45) is 7.05 Å². The molecule has 0 aliphatic carbocycles. The van der Waals surface area contributed by atoms with E-state index in [4.69, 9.17) is 4.74 Å². The lowest BCUT2D eigenvalue weighted by atomic mass is 10.2. The molecule has 0 aliphatic rings. The Labute approximate surface area is 122 Å². The lowest BCUT2D eigenvalue weighted by Gasteiger charge is -2.12. The van der Waals surface area contributed by atoms with E-state index in [1.165, 1.54) is 25.4 Å². The Morgan fingerprint density at radius 1 is 1.32 bits per heavy atom. The summed E-state index contributed by atoms with van der Waals surface area (Å²) >= 11 is 0. The third-order valence-corrected chi connectivity index (χ3v) is 2.99. The molecule has 2 aromatic heterocycles. The van der Waals surface area contributed by atoms with Crippen LogP contribution in [0, 0.1) is 0 Å². The van der Waals surface area contributed by atoms with Crippen molar-refractivity contribution < 1.29 is 17.9 Å². The Kier molecular flexibility index (Phi) is 4.07. The Bertz CT molecular complexity index is 809. The fourth-order valence-electron chi connectivity index (χ4n) is 1.90. The van der Waals surface area contributed by atoms with Gasteiger partial charge in [0.25, 0.3) is 5.56 Å². The molecule has 6 nitrogen and oxygen atoms in total. The third kappa shape index (κ3) is 3.02. The van der Waals surface area contributed by atoms with E-state index in [2.05, 4.69) is 4.98 Å². The van der Waals surface area contributed by atoms with Gasteiger partial charge in [-0.25, -0.2) is 9.78 Å². The molecule has 0 bridgehead atoms. The number of alkyl halides is 3. The van der Waals surface area contributed by atoms with Gasteiger partial charge in [-0.3, -0.25) is 9.36 Å². The van der Waals surface area contributed by atoms with Crippen LogP contribution in [-0.2, 0) is 19.8 Å². The van der Waals surface area contributed by atoms with Crippen molar-refractivity contribution in [1.82, 2.24) is 14.1 Å². The van der Waals surface area contributed by atoms with Gasteiger partial charge in [0.2, 0.25) is 5.88 Å². The smallest absolute Gasteiger partial charge is 0.423 e. The molecule has 0 fully saturated rings. The highest BCUT2D eigenvalue weighted by Crippen LogP contribution is 2.25. The van der Waals surface area contributed by atoms with Crippen LogP contribution in [-0.4, -0.2) is 21.2 Å². The van der Waals surface area contributed by atoms with Gasteiger partial charge in [0.1, 0.15) is 5.56 Å². The van der Waals surface area contributed by atoms with Crippen molar-refractivity contribution >= 4 is 0 Å². The highest BCUT2D eigenvalue weighted by atomic mass is 19.4. The minimum Gasteiger partial charge on any atom is -0.481 e. The molecule has 0 saturated carbocycles. The molecule has 0 aromatic carbocycles. The van der Waals surface area contributed by atoms with Crippen molar-refractivity contribution in [1.29, 1.82) is 0 Å². The number of aryl methyl sites for hydroxylation is 1. The van der Waals surface area contributed by atoms with Gasteiger partial charge in [0.15, 0.2) is 0 Å². The molecule has 0 atom stereocenters. The first-order valence-electron chi connectivity index (χ1n) is 6.10. The number of nitrogens with zero attached hydrogens (tertiary/aromatic N) is 3. The van der Waals surface area contributed by atoms with Crippen molar-refractivity contribution in [2.75, 3.05) is 7.11 Å². The summed E-state index contributed by atoms with van der Waals surface area (Å²) in [5.74, 6) is 0.231. The summed E-state index contributed by atoms with van der Waals surface area (Å²) < 4.78 is 44.7. The number of aromatic nitrogens is 3. The van der Waals surface area contributed by atoms with E-state index in [0.29, 0.717) is 16.3 Å². The van der Waals surface area contributed by atoms with Crippen molar-refractivity contribution in [3.8, 4) is 5.88 Å². The lowest BCUT2D eigenvalue weighted by molar-refractivity contribution is -0.139. The topological polar surface area (TPSA) is 66.1 Å². The summed E-state index contributed by atoms with van der Waals surface area (Å²) in [4.78, 5) is 27.7. The summed E-state index contributed by atoms with van der Waals surface area (Å²) in [7, 11) is 2.53. The van der Waals surface area contributed by atoms with Gasteiger partial charge >= 0.3 is 11.9 Å². The van der Waals surface area contributed by atoms with Gasteiger partial charge in [0.05, 0.1) is 13.7 Å². The minimum atomic E-state index is -4.83. The van der Waals surface area contributed by atoms with Crippen LogP contribution in [0.25, 0.3) is 0 Å². The summed E-state index contributed by atoms with van der Waals surface area (Å²) in [5.41, 5.74) is -3.19. The van der Waals surface area contributed by atoms with E-state index in [1.807, 2.05) is 0 Å². The first-order valence-corrected chi connectivity index (χ1v) is 6.10. The Morgan fingerprint density at radius 3 is 2.59 bits per heavy atom. The molecule has 9 heteroatoms. The van der Waals surface area contributed by atoms with Crippen LogP contribution in [0.4, 0.5) is 13.2 Å². The zero-order chi connectivity index (χ0) is 16.5. The van der Waals surface area contributed by atoms with Gasteiger partial charge in [0, 0.05) is 25.5 Å². The molecular weight excluding hydrogens is 303 g/mol. The van der Waals surface area contributed by atoms with Gasteiger partial charge in [-0.05, 0) is 11.6 Å². The number of hydrogen-bond donors (Lipinski definition) is 0. The SMILES string of the molecule is COc1cc(Cn2c(=O)c(C(F)(F)F)cn(C)c2=O)ccn1. The van der Waals surface area contributed by atoms with Crippen LogP contribution in [0.5, 0.6) is 5.88 Å². The number of rotatable bonds is 3. The van der Waals surface area contributed by atoms with Crippen LogP contribution in [0.1, 0.15) is 11.1 Å². The molecule has 0 N–H and O–H groups in total. The maximum absolute atomic E-state index is 12.8. The van der Waals surface area contributed by atoms with Crippen molar-refractivity contribution in [3.63, 3.8) is 0 Å². The predicted molar refractivity (Wildman–Crippen MR) is 70.8 cm³/mol. The minimum absolute atomic E-state index is 0.231. The second-order valence-corrected chi connectivity index (χ2v) is 4.53. The maximum atomic E-state index is 12.8. The summed E-state index contributed by atoms with van der Waals surface area (Å²) in [6.07, 6.45) is -2.97. The molecule has 0 unspecified atom stereocenters. The molecular formula is C13H12F3N3O3. The second-order valence-electron chi connectivity index (χ2n) is 4.53. The molecule has 2 rings (SSSR count). The lowest BCUT2D eigenvalue weighted by Crippen LogP contribution is -2.42. The predicted octanol–water partition coefficient (Wildman–Crippen LogP) is 1.02. The van der Waals surface area contributed by atoms with Crippen LogP contribution >= 0.6 is 0 Å². The Balaban J connectivity index is 2.57. The van der Waals surface area contributed by atoms with E-state index < -0.39 is 23.0 Å². The van der Waals surface area contributed by atoms with E-state index in [-0.39, 0.29) is 12.4 Å². The normalized spacial score (nSPS) is 11.5. The molecule has 0 spiro atoms. The first-order chi connectivity index (χ1) is 10.2. The highest BCUT2D eigenvalue weighted by molar-refractivity contribution is 5.21. The monoisotopic (exact) mass is 315 g/mol. The van der Waals surface area contributed by atoms with Gasteiger partial charge in [-0.2, -0.15) is 13.2 Å². The molecule has 0 radical (unpaired) electrons. The van der Waals surface area contributed by atoms with E-state index in [0.717, 1.165) is 11.6 Å². The van der Waals surface area contributed by atoms with E-state index >= 15 is 0 Å². The standard InChI is InChI=1S/C13H12F3N3O3/c1-18-7-9(13(14,15)16)11(20)19(12(18)21)6-8-3-4-17-10(5-8)22-2/h3-5,7H,6H2,1-2H3. The van der Waals surface area contributed by atoms with E-state index in [9.17, 15) is 22.8 Å². The van der Waals surface area contributed by atoms with Gasteiger partial charge in [-0.15, -0.1) is 0 Å². The summed E-state index contributed by atoms with van der Waals surface area (Å²) in [6.45, 7) is -0.311. The maximum Gasteiger partial charge on any atom is 0.423 e. The largest absolute Gasteiger partial charge is 0.481 e. The number of hydrogen-bond acceptors (Lipinski definition) is 4. The average Bonchev–Trinajstić information content (AvgIpc) is 2.46. The van der Waals surface area contributed by atoms with Crippen molar-refractivity contribution in [3.05, 3.63) is 56.5 Å². The third-order valence-electron chi connectivity index (χ3n) is 2.99. The van der Waals surface area contributed by atoms with Crippen LogP contribution in [0.2, 0.25) is 0 Å². The highest BCUT2D eigenvalue weighted by Gasteiger charge is 2.35. The molecule has 0 aliphatic heterocycles. The summed E-state index contributed by atoms with van der Waals surface area (Å²) in [5, 5.41) is 0. The first kappa shape index (κ1) is 15.8. The molecule has 0 saturated heterocycles. The number of methoxy groups -OCH3 is 1. The molecule has 0 amide bonds. The van der Waals surface area contributed by atoms with E-state index in [1.54, 1.807) is 0 Å². The molecule has 118 valence electrons. The zero-order valence-electron chi connectivity index (χ0n) is 11.7. The molecule has 22 heavy (non-hydrogen) atoms. The molecule has 2 aromatic rings. The fourth-order valence-corrected chi connectivity index (χ4v) is 1.90. The number of pyridine rings is 1. The molecule has 2 heterocycles. The van der Waals surface area contributed by atoms with Crippen LogP contribution in [0.3, 0.4) is 0 Å². The Hall–Kier alpha value is -2.58. The Morgan fingerprint density at radius 2 is 2.00 bits per heavy atom. The number of ether oxygens (including phenoxy) is 1. The average molecular weight is 315 g/mol.